The fourth-order valence-electron chi connectivity index (χ4n) is 3.03. The van der Waals surface area contributed by atoms with E-state index >= 15 is 0 Å². The van der Waals surface area contributed by atoms with Crippen molar-refractivity contribution in [3.63, 3.8) is 0 Å². The lowest BCUT2D eigenvalue weighted by Gasteiger charge is -2.17. The first-order valence-corrected chi connectivity index (χ1v) is 9.55. The maximum atomic E-state index is 12.1. The fourth-order valence-corrected chi connectivity index (χ4v) is 3.03. The van der Waals surface area contributed by atoms with E-state index in [0.29, 0.717) is 30.1 Å². The van der Waals surface area contributed by atoms with Gasteiger partial charge in [-0.15, -0.1) is 0 Å². The zero-order valence-electron chi connectivity index (χ0n) is 16.8. The SMILES string of the molecule is CCOCCOC(=O)[C@H](C)Oc1ccc2c(-c3ccccc3)cc(=O)oc2c1C. The van der Waals surface area contributed by atoms with Crippen LogP contribution in [0.1, 0.15) is 19.4 Å². The van der Waals surface area contributed by atoms with Crippen molar-refractivity contribution in [2.75, 3.05) is 19.8 Å². The molecule has 0 aliphatic heterocycles. The highest BCUT2D eigenvalue weighted by atomic mass is 16.6. The summed E-state index contributed by atoms with van der Waals surface area (Å²) in [5, 5.41) is 0.799. The minimum absolute atomic E-state index is 0.173. The summed E-state index contributed by atoms with van der Waals surface area (Å²) in [5.41, 5.74) is 2.34. The molecule has 0 saturated heterocycles. The summed E-state index contributed by atoms with van der Waals surface area (Å²) in [6, 6.07) is 14.7. The van der Waals surface area contributed by atoms with Gasteiger partial charge in [-0.1, -0.05) is 30.3 Å². The zero-order chi connectivity index (χ0) is 20.8. The van der Waals surface area contributed by atoms with Gasteiger partial charge in [0.2, 0.25) is 0 Å². The van der Waals surface area contributed by atoms with Crippen molar-refractivity contribution in [2.45, 2.75) is 26.9 Å². The molecular formula is C23H24O6. The predicted octanol–water partition coefficient (Wildman–Crippen LogP) is 4.12. The Kier molecular flexibility index (Phi) is 6.67. The van der Waals surface area contributed by atoms with Crippen molar-refractivity contribution in [3.05, 3.63) is 64.5 Å². The monoisotopic (exact) mass is 396 g/mol. The molecule has 1 heterocycles. The number of hydrogen-bond donors (Lipinski definition) is 0. The maximum Gasteiger partial charge on any atom is 0.347 e. The highest BCUT2D eigenvalue weighted by Gasteiger charge is 2.19. The molecule has 0 unspecified atom stereocenters. The van der Waals surface area contributed by atoms with E-state index in [1.807, 2.05) is 43.3 Å². The predicted molar refractivity (Wildman–Crippen MR) is 110 cm³/mol. The van der Waals surface area contributed by atoms with Crippen molar-refractivity contribution in [1.82, 2.24) is 0 Å². The lowest BCUT2D eigenvalue weighted by Crippen LogP contribution is -2.27. The third-order valence-electron chi connectivity index (χ3n) is 4.51. The highest BCUT2D eigenvalue weighted by Crippen LogP contribution is 2.33. The van der Waals surface area contributed by atoms with Gasteiger partial charge in [-0.25, -0.2) is 9.59 Å². The molecule has 0 spiro atoms. The molecule has 152 valence electrons. The van der Waals surface area contributed by atoms with Gasteiger partial charge < -0.3 is 18.6 Å². The molecule has 0 radical (unpaired) electrons. The van der Waals surface area contributed by atoms with Crippen molar-refractivity contribution in [3.8, 4) is 16.9 Å². The first-order valence-electron chi connectivity index (χ1n) is 9.55. The molecular weight excluding hydrogens is 372 g/mol. The van der Waals surface area contributed by atoms with Crippen LogP contribution < -0.4 is 10.4 Å². The van der Waals surface area contributed by atoms with E-state index in [9.17, 15) is 9.59 Å². The first-order chi connectivity index (χ1) is 14.0. The lowest BCUT2D eigenvalue weighted by atomic mass is 10.00. The molecule has 0 N–H and O–H groups in total. The second-order valence-corrected chi connectivity index (χ2v) is 6.54. The second-order valence-electron chi connectivity index (χ2n) is 6.54. The summed E-state index contributed by atoms with van der Waals surface area (Å²) < 4.78 is 21.5. The van der Waals surface area contributed by atoms with Crippen molar-refractivity contribution < 1.29 is 23.4 Å². The average Bonchev–Trinajstić information content (AvgIpc) is 2.73. The molecule has 3 rings (SSSR count). The van der Waals surface area contributed by atoms with Gasteiger partial charge in [0.25, 0.3) is 0 Å². The molecule has 0 aliphatic carbocycles. The van der Waals surface area contributed by atoms with Crippen LogP contribution in [0.25, 0.3) is 22.1 Å². The average molecular weight is 396 g/mol. The van der Waals surface area contributed by atoms with Gasteiger partial charge in [0, 0.05) is 23.6 Å². The second kappa shape index (κ2) is 9.39. The fraction of sp³-hybridized carbons (Fsp3) is 0.304. The highest BCUT2D eigenvalue weighted by molar-refractivity contribution is 5.95. The normalized spacial score (nSPS) is 12.0. The van der Waals surface area contributed by atoms with Crippen LogP contribution in [0.5, 0.6) is 5.75 Å². The van der Waals surface area contributed by atoms with Gasteiger partial charge in [-0.3, -0.25) is 0 Å². The standard InChI is InChI=1S/C23H24O6/c1-4-26-12-13-27-23(25)16(3)28-20-11-10-18-19(17-8-6-5-7-9-17)14-21(24)29-22(18)15(20)2/h5-11,14,16H,4,12-13H2,1-3H3/t16-/m0/s1. The van der Waals surface area contributed by atoms with E-state index in [1.54, 1.807) is 19.9 Å². The summed E-state index contributed by atoms with van der Waals surface area (Å²) >= 11 is 0. The summed E-state index contributed by atoms with van der Waals surface area (Å²) in [4.78, 5) is 24.3. The molecule has 0 saturated carbocycles. The van der Waals surface area contributed by atoms with Crippen LogP contribution in [0.3, 0.4) is 0 Å². The third-order valence-corrected chi connectivity index (χ3v) is 4.51. The quantitative estimate of drug-likeness (QED) is 0.324. The Bertz CT molecular complexity index is 1040. The van der Waals surface area contributed by atoms with E-state index in [4.69, 9.17) is 18.6 Å². The zero-order valence-corrected chi connectivity index (χ0v) is 16.8. The summed E-state index contributed by atoms with van der Waals surface area (Å²) in [6.07, 6.45) is -0.809. The van der Waals surface area contributed by atoms with Gasteiger partial charge in [-0.05, 0) is 44.0 Å². The number of fused-ring (bicyclic) bond motifs is 1. The van der Waals surface area contributed by atoms with Gasteiger partial charge in [0.05, 0.1) is 6.61 Å². The topological polar surface area (TPSA) is 75.0 Å². The summed E-state index contributed by atoms with van der Waals surface area (Å²) in [7, 11) is 0. The van der Waals surface area contributed by atoms with Crippen LogP contribution in [-0.4, -0.2) is 31.9 Å². The molecule has 0 fully saturated rings. The van der Waals surface area contributed by atoms with Crippen LogP contribution in [0, 0.1) is 6.92 Å². The van der Waals surface area contributed by atoms with Crippen LogP contribution in [0.15, 0.2) is 57.7 Å². The minimum Gasteiger partial charge on any atom is -0.479 e. The van der Waals surface area contributed by atoms with Crippen LogP contribution in [-0.2, 0) is 14.3 Å². The molecule has 0 aliphatic rings. The Balaban J connectivity index is 1.87. The Hall–Kier alpha value is -3.12. The van der Waals surface area contributed by atoms with Crippen LogP contribution >= 0.6 is 0 Å². The van der Waals surface area contributed by atoms with E-state index in [1.165, 1.54) is 6.07 Å². The third kappa shape index (κ3) is 4.84. The van der Waals surface area contributed by atoms with Crippen LogP contribution in [0.2, 0.25) is 0 Å². The summed E-state index contributed by atoms with van der Waals surface area (Å²) in [6.45, 7) is 6.36. The first kappa shape index (κ1) is 20.6. The number of rotatable bonds is 8. The van der Waals surface area contributed by atoms with Crippen molar-refractivity contribution >= 4 is 16.9 Å². The molecule has 3 aromatic rings. The van der Waals surface area contributed by atoms with Crippen LogP contribution in [0.4, 0.5) is 0 Å². The number of hydrogen-bond acceptors (Lipinski definition) is 6. The number of carbonyl (C=O) groups is 1. The number of carbonyl (C=O) groups excluding carboxylic acids is 1. The van der Waals surface area contributed by atoms with Gasteiger partial charge in [-0.2, -0.15) is 0 Å². The van der Waals surface area contributed by atoms with Crippen molar-refractivity contribution in [1.29, 1.82) is 0 Å². The number of aryl methyl sites for hydroxylation is 1. The van der Waals surface area contributed by atoms with E-state index in [2.05, 4.69) is 0 Å². The van der Waals surface area contributed by atoms with E-state index in [0.717, 1.165) is 16.5 Å². The number of benzene rings is 2. The van der Waals surface area contributed by atoms with Gasteiger partial charge >= 0.3 is 11.6 Å². The van der Waals surface area contributed by atoms with E-state index < -0.39 is 17.7 Å². The van der Waals surface area contributed by atoms with Gasteiger partial charge in [0.15, 0.2) is 6.10 Å². The Labute approximate surface area is 169 Å². The Morgan fingerprint density at radius 3 is 2.59 bits per heavy atom. The van der Waals surface area contributed by atoms with Gasteiger partial charge in [0.1, 0.15) is 17.9 Å². The molecule has 6 nitrogen and oxygen atoms in total. The summed E-state index contributed by atoms with van der Waals surface area (Å²) in [5.74, 6) is -0.0243. The smallest absolute Gasteiger partial charge is 0.347 e. The molecule has 0 amide bonds. The number of esters is 1. The van der Waals surface area contributed by atoms with E-state index in [-0.39, 0.29) is 6.61 Å². The lowest BCUT2D eigenvalue weighted by molar-refractivity contribution is -0.152. The molecule has 6 heteroatoms. The molecule has 2 aromatic carbocycles. The van der Waals surface area contributed by atoms with Crippen molar-refractivity contribution in [2.24, 2.45) is 0 Å². The molecule has 1 atom stereocenters. The number of ether oxygens (including phenoxy) is 3. The Morgan fingerprint density at radius 1 is 1.10 bits per heavy atom. The maximum absolute atomic E-state index is 12.1. The molecule has 0 bridgehead atoms. The minimum atomic E-state index is -0.809. The molecule has 1 aromatic heterocycles. The Morgan fingerprint density at radius 2 is 1.86 bits per heavy atom. The molecule has 29 heavy (non-hydrogen) atoms. The largest absolute Gasteiger partial charge is 0.479 e.